The molecule has 2 aliphatic heterocycles. The van der Waals surface area contributed by atoms with Gasteiger partial charge in [0.2, 0.25) is 18.6 Å². The first kappa shape index (κ1) is 17.4. The lowest BCUT2D eigenvalue weighted by molar-refractivity contribution is -0.129. The molecule has 2 aromatic rings. The van der Waals surface area contributed by atoms with E-state index in [9.17, 15) is 4.79 Å². The smallest absolute Gasteiger partial charge is 0.234 e. The van der Waals surface area contributed by atoms with Gasteiger partial charge in [-0.1, -0.05) is 6.07 Å². The standard InChI is InChI=1S/C19H22N4O4/c1-22(2)17-9-20-10-18(21-17)27-14-5-6-23(11-14)19(24)8-13-3-4-15-16(7-13)26-12-25-15/h3-4,7,9-10,14H,5-6,8,11-12H2,1-2H3. The Morgan fingerprint density at radius 1 is 1.30 bits per heavy atom. The average molecular weight is 370 g/mol. The summed E-state index contributed by atoms with van der Waals surface area (Å²) in [6.45, 7) is 1.46. The van der Waals surface area contributed by atoms with Gasteiger partial charge in [-0.05, 0) is 17.7 Å². The Morgan fingerprint density at radius 3 is 3.00 bits per heavy atom. The van der Waals surface area contributed by atoms with Crippen molar-refractivity contribution in [3.63, 3.8) is 0 Å². The SMILES string of the molecule is CN(C)c1cncc(OC2CCN(C(=O)Cc3ccc4c(c3)OCO4)C2)n1. The number of ether oxygens (including phenoxy) is 3. The lowest BCUT2D eigenvalue weighted by atomic mass is 10.1. The van der Waals surface area contributed by atoms with E-state index in [1.807, 2.05) is 42.1 Å². The zero-order valence-electron chi connectivity index (χ0n) is 15.4. The molecule has 2 aliphatic rings. The number of benzene rings is 1. The fourth-order valence-electron chi connectivity index (χ4n) is 3.17. The monoisotopic (exact) mass is 370 g/mol. The molecule has 1 amide bonds. The van der Waals surface area contributed by atoms with Crippen LogP contribution in [0.25, 0.3) is 0 Å². The molecule has 27 heavy (non-hydrogen) atoms. The molecule has 1 aromatic carbocycles. The Hall–Kier alpha value is -3.03. The molecule has 0 radical (unpaired) electrons. The number of hydrogen-bond acceptors (Lipinski definition) is 7. The minimum absolute atomic E-state index is 0.0718. The van der Waals surface area contributed by atoms with Crippen molar-refractivity contribution in [2.24, 2.45) is 0 Å². The van der Waals surface area contributed by atoms with Crippen LogP contribution >= 0.6 is 0 Å². The van der Waals surface area contributed by atoms with E-state index in [1.165, 1.54) is 0 Å². The third-order valence-electron chi connectivity index (χ3n) is 4.64. The third kappa shape index (κ3) is 3.89. The number of rotatable bonds is 5. The Bertz CT molecular complexity index is 842. The van der Waals surface area contributed by atoms with Crippen LogP contribution in [0.2, 0.25) is 0 Å². The number of nitrogens with zero attached hydrogens (tertiary/aromatic N) is 4. The molecule has 0 spiro atoms. The van der Waals surface area contributed by atoms with Crippen molar-refractivity contribution in [1.29, 1.82) is 0 Å². The van der Waals surface area contributed by atoms with Crippen molar-refractivity contribution in [1.82, 2.24) is 14.9 Å². The quantitative estimate of drug-likeness (QED) is 0.789. The van der Waals surface area contributed by atoms with Gasteiger partial charge in [-0.3, -0.25) is 9.78 Å². The summed E-state index contributed by atoms with van der Waals surface area (Å²) in [4.78, 5) is 24.9. The number of amides is 1. The molecule has 0 bridgehead atoms. The van der Waals surface area contributed by atoms with E-state index in [4.69, 9.17) is 14.2 Å². The summed E-state index contributed by atoms with van der Waals surface area (Å²) < 4.78 is 16.6. The summed E-state index contributed by atoms with van der Waals surface area (Å²) >= 11 is 0. The molecule has 1 aromatic heterocycles. The molecule has 0 aliphatic carbocycles. The minimum atomic E-state index is -0.0718. The molecule has 3 heterocycles. The van der Waals surface area contributed by atoms with Crippen LogP contribution < -0.4 is 19.1 Å². The maximum absolute atomic E-state index is 12.6. The van der Waals surface area contributed by atoms with E-state index in [0.29, 0.717) is 31.1 Å². The second kappa shape index (κ2) is 7.30. The van der Waals surface area contributed by atoms with Crippen molar-refractivity contribution in [3.8, 4) is 17.4 Å². The normalized spacial score (nSPS) is 17.9. The Morgan fingerprint density at radius 2 is 2.15 bits per heavy atom. The van der Waals surface area contributed by atoms with Crippen molar-refractivity contribution in [2.75, 3.05) is 38.9 Å². The van der Waals surface area contributed by atoms with Crippen LogP contribution in [0.1, 0.15) is 12.0 Å². The fourth-order valence-corrected chi connectivity index (χ4v) is 3.17. The first-order valence-electron chi connectivity index (χ1n) is 8.91. The number of fused-ring (bicyclic) bond motifs is 1. The molecule has 0 saturated carbocycles. The first-order valence-corrected chi connectivity index (χ1v) is 8.91. The average Bonchev–Trinajstić information content (AvgIpc) is 3.31. The minimum Gasteiger partial charge on any atom is -0.471 e. The Kier molecular flexibility index (Phi) is 4.70. The van der Waals surface area contributed by atoms with Gasteiger partial charge >= 0.3 is 0 Å². The van der Waals surface area contributed by atoms with Crippen LogP contribution in [0.5, 0.6) is 17.4 Å². The highest BCUT2D eigenvalue weighted by atomic mass is 16.7. The fraction of sp³-hybridized carbons (Fsp3) is 0.421. The highest BCUT2D eigenvalue weighted by Gasteiger charge is 2.28. The van der Waals surface area contributed by atoms with Gasteiger partial charge in [0.25, 0.3) is 0 Å². The topological polar surface area (TPSA) is 77.0 Å². The molecule has 1 fully saturated rings. The van der Waals surface area contributed by atoms with Gasteiger partial charge in [0.1, 0.15) is 6.10 Å². The number of aromatic nitrogens is 2. The first-order chi connectivity index (χ1) is 13.1. The van der Waals surface area contributed by atoms with Gasteiger partial charge in [-0.25, -0.2) is 0 Å². The molecule has 8 nitrogen and oxygen atoms in total. The predicted octanol–water partition coefficient (Wildman–Crippen LogP) is 1.49. The van der Waals surface area contributed by atoms with Gasteiger partial charge in [-0.2, -0.15) is 4.98 Å². The number of carbonyl (C=O) groups is 1. The lowest BCUT2D eigenvalue weighted by Crippen LogP contribution is -2.32. The molecule has 4 rings (SSSR count). The van der Waals surface area contributed by atoms with Crippen LogP contribution in [0.15, 0.2) is 30.6 Å². The zero-order chi connectivity index (χ0) is 18.8. The van der Waals surface area contributed by atoms with E-state index < -0.39 is 0 Å². The van der Waals surface area contributed by atoms with Crippen LogP contribution in [0, 0.1) is 0 Å². The molecule has 8 heteroatoms. The summed E-state index contributed by atoms with van der Waals surface area (Å²) in [6.07, 6.45) is 4.32. The number of likely N-dealkylation sites (tertiary alicyclic amines) is 1. The molecule has 142 valence electrons. The number of hydrogen-bond donors (Lipinski definition) is 0. The van der Waals surface area contributed by atoms with Crippen LogP contribution in [0.4, 0.5) is 5.82 Å². The van der Waals surface area contributed by atoms with E-state index in [-0.39, 0.29) is 18.8 Å². The van der Waals surface area contributed by atoms with E-state index >= 15 is 0 Å². The molecular formula is C19H22N4O4. The van der Waals surface area contributed by atoms with E-state index in [2.05, 4.69) is 9.97 Å². The highest BCUT2D eigenvalue weighted by molar-refractivity contribution is 5.79. The number of anilines is 1. The van der Waals surface area contributed by atoms with Gasteiger partial charge in [0.15, 0.2) is 17.3 Å². The molecule has 0 N–H and O–H groups in total. The molecule has 1 saturated heterocycles. The molecular weight excluding hydrogens is 348 g/mol. The summed E-state index contributed by atoms with van der Waals surface area (Å²) in [5, 5.41) is 0. The zero-order valence-corrected chi connectivity index (χ0v) is 15.4. The van der Waals surface area contributed by atoms with Gasteiger partial charge in [-0.15, -0.1) is 0 Å². The largest absolute Gasteiger partial charge is 0.471 e. The predicted molar refractivity (Wildman–Crippen MR) is 98.2 cm³/mol. The summed E-state index contributed by atoms with van der Waals surface area (Å²) in [6, 6.07) is 5.61. The number of carbonyl (C=O) groups excluding carboxylic acids is 1. The van der Waals surface area contributed by atoms with Gasteiger partial charge in [0, 0.05) is 27.1 Å². The van der Waals surface area contributed by atoms with E-state index in [1.54, 1.807) is 12.4 Å². The second-order valence-electron chi connectivity index (χ2n) is 6.84. The maximum Gasteiger partial charge on any atom is 0.234 e. The van der Waals surface area contributed by atoms with Crippen molar-refractivity contribution >= 4 is 11.7 Å². The van der Waals surface area contributed by atoms with E-state index in [0.717, 1.165) is 23.6 Å². The Labute approximate surface area is 157 Å². The molecule has 1 atom stereocenters. The third-order valence-corrected chi connectivity index (χ3v) is 4.64. The highest BCUT2D eigenvalue weighted by Crippen LogP contribution is 2.32. The van der Waals surface area contributed by atoms with Gasteiger partial charge in [0.05, 0.1) is 25.4 Å². The van der Waals surface area contributed by atoms with Crippen LogP contribution in [-0.2, 0) is 11.2 Å². The summed E-state index contributed by atoms with van der Waals surface area (Å²) in [5.74, 6) is 2.72. The lowest BCUT2D eigenvalue weighted by Gasteiger charge is -2.18. The molecule has 1 unspecified atom stereocenters. The Balaban J connectivity index is 1.33. The van der Waals surface area contributed by atoms with Crippen molar-refractivity contribution in [2.45, 2.75) is 18.9 Å². The van der Waals surface area contributed by atoms with Crippen molar-refractivity contribution in [3.05, 3.63) is 36.2 Å². The summed E-state index contributed by atoms with van der Waals surface area (Å²) in [7, 11) is 3.81. The maximum atomic E-state index is 12.6. The van der Waals surface area contributed by atoms with Crippen LogP contribution in [-0.4, -0.2) is 60.9 Å². The van der Waals surface area contributed by atoms with Crippen LogP contribution in [0.3, 0.4) is 0 Å². The second-order valence-corrected chi connectivity index (χ2v) is 6.84. The van der Waals surface area contributed by atoms with Crippen molar-refractivity contribution < 1.29 is 19.0 Å². The summed E-state index contributed by atoms with van der Waals surface area (Å²) in [5.41, 5.74) is 0.915. The van der Waals surface area contributed by atoms with Gasteiger partial charge < -0.3 is 24.0 Å².